The van der Waals surface area contributed by atoms with E-state index in [2.05, 4.69) is 17.2 Å². The molecule has 0 unspecified atom stereocenters. The first-order chi connectivity index (χ1) is 5.93. The van der Waals surface area contributed by atoms with Gasteiger partial charge >= 0.3 is 0 Å². The van der Waals surface area contributed by atoms with Crippen LogP contribution in [0.3, 0.4) is 0 Å². The molecule has 0 aromatic carbocycles. The van der Waals surface area contributed by atoms with E-state index in [1.165, 1.54) is 18.4 Å². The van der Waals surface area contributed by atoms with Gasteiger partial charge in [-0.3, -0.25) is 0 Å². The zero-order valence-electron chi connectivity index (χ0n) is 7.68. The number of unbranched alkanes of at least 4 members (excludes halogenated alkanes) is 1. The summed E-state index contributed by atoms with van der Waals surface area (Å²) in [5.74, 6) is 0. The minimum atomic E-state index is 0.837. The molecule has 0 radical (unpaired) electrons. The number of hydrogen-bond acceptors (Lipinski definition) is 1. The Morgan fingerprint density at radius 2 is 2.33 bits per heavy atom. The lowest BCUT2D eigenvalue weighted by molar-refractivity contribution is 0.143. The van der Waals surface area contributed by atoms with Gasteiger partial charge in [0.2, 0.25) is 0 Å². The van der Waals surface area contributed by atoms with Crippen LogP contribution in [0, 0.1) is 0 Å². The molecule has 68 valence electrons. The summed E-state index contributed by atoms with van der Waals surface area (Å²) in [6.07, 6.45) is 7.58. The molecular weight excluding hydrogens is 150 g/mol. The van der Waals surface area contributed by atoms with Gasteiger partial charge < -0.3 is 9.72 Å². The number of aryl methyl sites for hydroxylation is 1. The Balaban J connectivity index is 1.96. The summed E-state index contributed by atoms with van der Waals surface area (Å²) in [5.41, 5.74) is 1.39. The van der Waals surface area contributed by atoms with Crippen LogP contribution in [0.1, 0.15) is 25.3 Å². The van der Waals surface area contributed by atoms with Crippen LogP contribution in [-0.2, 0) is 11.2 Å². The van der Waals surface area contributed by atoms with E-state index in [0.717, 1.165) is 19.6 Å². The summed E-state index contributed by atoms with van der Waals surface area (Å²) >= 11 is 0. The van der Waals surface area contributed by atoms with E-state index < -0.39 is 0 Å². The molecule has 0 amide bonds. The first kappa shape index (κ1) is 9.33. The fourth-order valence-corrected chi connectivity index (χ4v) is 1.19. The van der Waals surface area contributed by atoms with Gasteiger partial charge in [0, 0.05) is 25.6 Å². The molecule has 2 nitrogen and oxygen atoms in total. The van der Waals surface area contributed by atoms with E-state index in [4.69, 9.17) is 4.74 Å². The van der Waals surface area contributed by atoms with Gasteiger partial charge in [-0.25, -0.2) is 0 Å². The number of H-pyrrole nitrogens is 1. The van der Waals surface area contributed by atoms with Crippen LogP contribution in [0.4, 0.5) is 0 Å². The fourth-order valence-electron chi connectivity index (χ4n) is 1.19. The molecule has 0 aliphatic carbocycles. The molecule has 0 saturated carbocycles. The summed E-state index contributed by atoms with van der Waals surface area (Å²) < 4.78 is 5.25. The van der Waals surface area contributed by atoms with E-state index in [1.54, 1.807) is 0 Å². The van der Waals surface area contributed by atoms with Gasteiger partial charge in [0.05, 0.1) is 0 Å². The van der Waals surface area contributed by atoms with Crippen LogP contribution >= 0.6 is 0 Å². The van der Waals surface area contributed by atoms with Gasteiger partial charge in [0.25, 0.3) is 0 Å². The van der Waals surface area contributed by atoms with E-state index in [1.807, 2.05) is 13.1 Å². The van der Waals surface area contributed by atoms with Crippen molar-refractivity contribution in [2.24, 2.45) is 0 Å². The second kappa shape index (κ2) is 5.84. The van der Waals surface area contributed by atoms with E-state index >= 15 is 0 Å². The Bertz CT molecular complexity index is 182. The van der Waals surface area contributed by atoms with Crippen molar-refractivity contribution in [2.45, 2.75) is 26.2 Å². The first-order valence-corrected chi connectivity index (χ1v) is 4.63. The standard InChI is InChI=1S/C10H17NO/c1-2-12-8-4-3-5-10-6-7-11-9-10/h6-7,9,11H,2-5,8H2,1H3. The average molecular weight is 167 g/mol. The summed E-state index contributed by atoms with van der Waals surface area (Å²) in [5, 5.41) is 0. The third-order valence-electron chi connectivity index (χ3n) is 1.87. The number of ether oxygens (including phenoxy) is 1. The lowest BCUT2D eigenvalue weighted by atomic mass is 10.1. The number of rotatable bonds is 6. The zero-order valence-corrected chi connectivity index (χ0v) is 7.68. The maximum atomic E-state index is 5.25. The van der Waals surface area contributed by atoms with Gasteiger partial charge in [0.1, 0.15) is 0 Å². The normalized spacial score (nSPS) is 10.4. The molecule has 0 aliphatic rings. The molecule has 1 heterocycles. The molecule has 0 bridgehead atoms. The van der Waals surface area contributed by atoms with Crippen molar-refractivity contribution >= 4 is 0 Å². The second-order valence-electron chi connectivity index (χ2n) is 2.87. The summed E-state index contributed by atoms with van der Waals surface area (Å²) in [6.45, 7) is 3.78. The second-order valence-corrected chi connectivity index (χ2v) is 2.87. The van der Waals surface area contributed by atoms with E-state index in [9.17, 15) is 0 Å². The van der Waals surface area contributed by atoms with Crippen molar-refractivity contribution in [3.8, 4) is 0 Å². The number of hydrogen-bond donors (Lipinski definition) is 1. The average Bonchev–Trinajstić information content (AvgIpc) is 2.57. The molecule has 1 N–H and O–H groups in total. The van der Waals surface area contributed by atoms with Crippen LogP contribution < -0.4 is 0 Å². The topological polar surface area (TPSA) is 25.0 Å². The third kappa shape index (κ3) is 3.58. The molecule has 0 fully saturated rings. The van der Waals surface area contributed by atoms with Crippen LogP contribution in [0.2, 0.25) is 0 Å². The zero-order chi connectivity index (χ0) is 8.65. The Morgan fingerprint density at radius 1 is 1.42 bits per heavy atom. The van der Waals surface area contributed by atoms with Crippen molar-refractivity contribution in [1.82, 2.24) is 4.98 Å². The highest BCUT2D eigenvalue weighted by Gasteiger charge is 1.92. The predicted molar refractivity (Wildman–Crippen MR) is 50.2 cm³/mol. The lowest BCUT2D eigenvalue weighted by Gasteiger charge is -1.99. The van der Waals surface area contributed by atoms with Crippen molar-refractivity contribution in [1.29, 1.82) is 0 Å². The molecule has 1 aromatic heterocycles. The van der Waals surface area contributed by atoms with Crippen LogP contribution in [0.5, 0.6) is 0 Å². The minimum Gasteiger partial charge on any atom is -0.382 e. The SMILES string of the molecule is CCOCCCCc1cc[nH]c1. The maximum absolute atomic E-state index is 5.25. The first-order valence-electron chi connectivity index (χ1n) is 4.63. The van der Waals surface area contributed by atoms with Gasteiger partial charge in [0.15, 0.2) is 0 Å². The molecule has 1 rings (SSSR count). The molecule has 0 spiro atoms. The van der Waals surface area contributed by atoms with E-state index in [-0.39, 0.29) is 0 Å². The van der Waals surface area contributed by atoms with Gasteiger partial charge in [-0.15, -0.1) is 0 Å². The van der Waals surface area contributed by atoms with Crippen molar-refractivity contribution in [2.75, 3.05) is 13.2 Å². The van der Waals surface area contributed by atoms with Crippen LogP contribution in [-0.4, -0.2) is 18.2 Å². The van der Waals surface area contributed by atoms with E-state index in [0.29, 0.717) is 0 Å². The third-order valence-corrected chi connectivity index (χ3v) is 1.87. The molecular formula is C10H17NO. The van der Waals surface area contributed by atoms with Crippen LogP contribution in [0.25, 0.3) is 0 Å². The quantitative estimate of drug-likeness (QED) is 0.646. The Morgan fingerprint density at radius 3 is 3.00 bits per heavy atom. The monoisotopic (exact) mass is 167 g/mol. The van der Waals surface area contributed by atoms with Crippen LogP contribution in [0.15, 0.2) is 18.5 Å². The smallest absolute Gasteiger partial charge is 0.0466 e. The minimum absolute atomic E-state index is 0.837. The summed E-state index contributed by atoms with van der Waals surface area (Å²) in [4.78, 5) is 3.05. The lowest BCUT2D eigenvalue weighted by Crippen LogP contribution is -1.94. The van der Waals surface area contributed by atoms with Crippen molar-refractivity contribution < 1.29 is 4.74 Å². The molecule has 12 heavy (non-hydrogen) atoms. The van der Waals surface area contributed by atoms with Gasteiger partial charge in [-0.2, -0.15) is 0 Å². The highest BCUT2D eigenvalue weighted by atomic mass is 16.5. The largest absolute Gasteiger partial charge is 0.382 e. The number of aromatic nitrogens is 1. The summed E-state index contributed by atoms with van der Waals surface area (Å²) in [7, 11) is 0. The van der Waals surface area contributed by atoms with Crippen molar-refractivity contribution in [3.63, 3.8) is 0 Å². The molecule has 0 aliphatic heterocycles. The van der Waals surface area contributed by atoms with Gasteiger partial charge in [-0.1, -0.05) is 0 Å². The molecule has 1 aromatic rings. The fraction of sp³-hybridized carbons (Fsp3) is 0.600. The molecule has 0 atom stereocenters. The maximum Gasteiger partial charge on any atom is 0.0466 e. The Labute approximate surface area is 73.9 Å². The Kier molecular flexibility index (Phi) is 4.54. The van der Waals surface area contributed by atoms with Gasteiger partial charge in [-0.05, 0) is 37.8 Å². The Hall–Kier alpha value is -0.760. The predicted octanol–water partition coefficient (Wildman–Crippen LogP) is 2.37. The van der Waals surface area contributed by atoms with Crippen molar-refractivity contribution in [3.05, 3.63) is 24.0 Å². The highest BCUT2D eigenvalue weighted by Crippen LogP contribution is 2.03. The molecule has 2 heteroatoms. The summed E-state index contributed by atoms with van der Waals surface area (Å²) in [6, 6.07) is 2.13. The number of aromatic amines is 1. The molecule has 0 saturated heterocycles. The number of nitrogens with one attached hydrogen (secondary N) is 1. The highest BCUT2D eigenvalue weighted by molar-refractivity contribution is 5.07.